The van der Waals surface area contributed by atoms with Crippen molar-refractivity contribution in [3.63, 3.8) is 0 Å². The second-order valence-corrected chi connectivity index (χ2v) is 5.40. The van der Waals surface area contributed by atoms with Crippen LogP contribution in [-0.2, 0) is 9.63 Å². The number of nitrogens with two attached hydrogens (primary N) is 1. The smallest absolute Gasteiger partial charge is 0.265 e. The van der Waals surface area contributed by atoms with Gasteiger partial charge in [0.25, 0.3) is 11.8 Å². The molecule has 0 heterocycles. The zero-order valence-corrected chi connectivity index (χ0v) is 14.2. The van der Waals surface area contributed by atoms with Gasteiger partial charge in [-0.1, -0.05) is 16.8 Å². The topological polar surface area (TPSA) is 106 Å². The molecule has 0 fully saturated rings. The highest BCUT2D eigenvalue weighted by Crippen LogP contribution is 2.10. The van der Waals surface area contributed by atoms with Crippen LogP contribution in [0.4, 0.5) is 5.69 Å². The molecule has 2 aromatic carbocycles. The van der Waals surface area contributed by atoms with Crippen LogP contribution in [0, 0.1) is 0 Å². The molecule has 2 rings (SSSR count). The van der Waals surface area contributed by atoms with Crippen molar-refractivity contribution in [1.82, 2.24) is 5.32 Å². The molecule has 0 saturated heterocycles. The largest absolute Gasteiger partial charge is 0.384 e. The van der Waals surface area contributed by atoms with Crippen molar-refractivity contribution in [3.8, 4) is 0 Å². The third-order valence-electron chi connectivity index (χ3n) is 3.16. The number of oxime groups is 1. The Labute approximate surface area is 149 Å². The average molecular weight is 361 g/mol. The number of carbonyl (C=O) groups is 2. The van der Waals surface area contributed by atoms with E-state index in [0.717, 1.165) is 0 Å². The fourth-order valence-corrected chi connectivity index (χ4v) is 2.01. The molecule has 0 unspecified atom stereocenters. The van der Waals surface area contributed by atoms with Gasteiger partial charge in [-0.25, -0.2) is 0 Å². The summed E-state index contributed by atoms with van der Waals surface area (Å²) < 4.78 is 0. The normalized spacial score (nSPS) is 10.9. The first-order valence-corrected chi connectivity index (χ1v) is 7.71. The number of anilines is 1. The molecule has 2 aromatic rings. The zero-order chi connectivity index (χ0) is 18.2. The van der Waals surface area contributed by atoms with Gasteiger partial charge in [-0.15, -0.1) is 0 Å². The van der Waals surface area contributed by atoms with Crippen molar-refractivity contribution in [2.24, 2.45) is 10.9 Å². The maximum absolute atomic E-state index is 11.8. The second-order valence-electron chi connectivity index (χ2n) is 4.96. The Morgan fingerprint density at radius 3 is 2.28 bits per heavy atom. The Hall–Kier alpha value is -3.06. The van der Waals surface area contributed by atoms with Crippen molar-refractivity contribution in [2.45, 2.75) is 0 Å². The Morgan fingerprint density at radius 1 is 1.08 bits per heavy atom. The van der Waals surface area contributed by atoms with Gasteiger partial charge < -0.3 is 21.2 Å². The van der Waals surface area contributed by atoms with E-state index in [4.69, 9.17) is 22.2 Å². The number of amides is 2. The molecule has 0 aromatic heterocycles. The minimum Gasteiger partial charge on any atom is -0.384 e. The van der Waals surface area contributed by atoms with Gasteiger partial charge in [0, 0.05) is 28.9 Å². The zero-order valence-electron chi connectivity index (χ0n) is 13.5. The summed E-state index contributed by atoms with van der Waals surface area (Å²) >= 11 is 5.79. The van der Waals surface area contributed by atoms with Gasteiger partial charge in [-0.2, -0.15) is 0 Å². The molecule has 0 radical (unpaired) electrons. The van der Waals surface area contributed by atoms with Crippen LogP contribution in [0.5, 0.6) is 0 Å². The van der Waals surface area contributed by atoms with Crippen LogP contribution in [0.15, 0.2) is 53.7 Å². The molecular formula is C17H17ClN4O3. The van der Waals surface area contributed by atoms with E-state index in [1.165, 1.54) is 0 Å². The van der Waals surface area contributed by atoms with Gasteiger partial charge in [0.15, 0.2) is 12.4 Å². The molecule has 2 amide bonds. The fourth-order valence-electron chi connectivity index (χ4n) is 1.88. The lowest BCUT2D eigenvalue weighted by Crippen LogP contribution is -2.20. The summed E-state index contributed by atoms with van der Waals surface area (Å²) in [4.78, 5) is 28.2. The minimum atomic E-state index is -0.402. The number of benzene rings is 2. The van der Waals surface area contributed by atoms with Crippen LogP contribution in [-0.4, -0.2) is 31.3 Å². The molecule has 0 aliphatic rings. The lowest BCUT2D eigenvalue weighted by Gasteiger charge is -2.06. The number of carbonyl (C=O) groups excluding carboxylic acids is 2. The third kappa shape index (κ3) is 5.50. The van der Waals surface area contributed by atoms with Crippen LogP contribution in [0.1, 0.15) is 15.9 Å². The third-order valence-corrected chi connectivity index (χ3v) is 3.41. The quantitative estimate of drug-likeness (QED) is 0.416. The highest BCUT2D eigenvalue weighted by atomic mass is 35.5. The SMILES string of the molecule is CNC(=O)c1ccc(NC(=O)CO/N=C(\N)c2ccc(Cl)cc2)cc1. The fraction of sp³-hybridized carbons (Fsp3) is 0.118. The van der Waals surface area contributed by atoms with E-state index in [1.807, 2.05) is 0 Å². The van der Waals surface area contributed by atoms with E-state index in [0.29, 0.717) is 21.8 Å². The average Bonchev–Trinajstić information content (AvgIpc) is 2.62. The number of rotatable bonds is 6. The number of hydrogen-bond donors (Lipinski definition) is 3. The number of halogens is 1. The Bertz CT molecular complexity index is 773. The summed E-state index contributed by atoms with van der Waals surface area (Å²) in [6, 6.07) is 13.2. The molecule has 130 valence electrons. The van der Waals surface area contributed by atoms with E-state index >= 15 is 0 Å². The summed E-state index contributed by atoms with van der Waals surface area (Å²) in [5, 5.41) is 9.41. The van der Waals surface area contributed by atoms with Gasteiger partial charge in [0.2, 0.25) is 0 Å². The highest BCUT2D eigenvalue weighted by Gasteiger charge is 2.06. The monoisotopic (exact) mass is 360 g/mol. The van der Waals surface area contributed by atoms with Gasteiger partial charge in [-0.3, -0.25) is 9.59 Å². The van der Waals surface area contributed by atoms with Gasteiger partial charge in [0.1, 0.15) is 0 Å². The van der Waals surface area contributed by atoms with Crippen LogP contribution in [0.3, 0.4) is 0 Å². The lowest BCUT2D eigenvalue weighted by molar-refractivity contribution is -0.120. The van der Waals surface area contributed by atoms with Crippen LogP contribution < -0.4 is 16.4 Å². The first-order valence-electron chi connectivity index (χ1n) is 7.33. The number of nitrogens with one attached hydrogen (secondary N) is 2. The minimum absolute atomic E-state index is 0.138. The van der Waals surface area contributed by atoms with Crippen molar-refractivity contribution >= 4 is 34.9 Å². The van der Waals surface area contributed by atoms with Gasteiger partial charge >= 0.3 is 0 Å². The first kappa shape index (κ1) is 18.3. The maximum atomic E-state index is 11.8. The lowest BCUT2D eigenvalue weighted by atomic mass is 10.2. The Morgan fingerprint density at radius 2 is 1.68 bits per heavy atom. The van der Waals surface area contributed by atoms with Crippen molar-refractivity contribution in [3.05, 3.63) is 64.7 Å². The van der Waals surface area contributed by atoms with Crippen molar-refractivity contribution in [2.75, 3.05) is 19.0 Å². The second kappa shape index (κ2) is 8.70. The molecule has 0 saturated carbocycles. The van der Waals surface area contributed by atoms with Crippen LogP contribution in [0.2, 0.25) is 5.02 Å². The van der Waals surface area contributed by atoms with Crippen molar-refractivity contribution in [1.29, 1.82) is 0 Å². The maximum Gasteiger partial charge on any atom is 0.265 e. The molecule has 0 spiro atoms. The molecule has 0 atom stereocenters. The molecule has 8 heteroatoms. The predicted octanol–water partition coefficient (Wildman–Crippen LogP) is 1.98. The van der Waals surface area contributed by atoms with E-state index in [2.05, 4.69) is 15.8 Å². The number of hydrogen-bond acceptors (Lipinski definition) is 4. The van der Waals surface area contributed by atoms with Gasteiger partial charge in [0.05, 0.1) is 0 Å². The number of nitrogens with zero attached hydrogens (tertiary/aromatic N) is 1. The van der Waals surface area contributed by atoms with E-state index in [1.54, 1.807) is 55.6 Å². The molecule has 0 aliphatic carbocycles. The van der Waals surface area contributed by atoms with E-state index < -0.39 is 5.91 Å². The summed E-state index contributed by atoms with van der Waals surface area (Å²) in [5.74, 6) is -0.465. The highest BCUT2D eigenvalue weighted by molar-refractivity contribution is 6.30. The summed E-state index contributed by atoms with van der Waals surface area (Å²) in [6.07, 6.45) is 0. The van der Waals surface area contributed by atoms with Crippen LogP contribution in [0.25, 0.3) is 0 Å². The molecular weight excluding hydrogens is 344 g/mol. The van der Waals surface area contributed by atoms with E-state index in [9.17, 15) is 9.59 Å². The first-order chi connectivity index (χ1) is 12.0. The molecule has 0 bridgehead atoms. The summed E-state index contributed by atoms with van der Waals surface area (Å²) in [6.45, 7) is -0.300. The molecule has 0 aliphatic heterocycles. The number of amidine groups is 1. The van der Waals surface area contributed by atoms with Crippen LogP contribution >= 0.6 is 11.6 Å². The predicted molar refractivity (Wildman–Crippen MR) is 96.6 cm³/mol. The van der Waals surface area contributed by atoms with Gasteiger partial charge in [-0.05, 0) is 48.5 Å². The summed E-state index contributed by atoms with van der Waals surface area (Å²) in [7, 11) is 1.55. The molecule has 4 N–H and O–H groups in total. The van der Waals surface area contributed by atoms with E-state index in [-0.39, 0.29) is 18.3 Å². The summed E-state index contributed by atoms with van der Waals surface area (Å²) in [5.41, 5.74) is 7.42. The molecule has 25 heavy (non-hydrogen) atoms. The van der Waals surface area contributed by atoms with Crippen molar-refractivity contribution < 1.29 is 14.4 Å². The Balaban J connectivity index is 1.85. The standard InChI is InChI=1S/C17H17ClN4O3/c1-20-17(24)12-4-8-14(9-5-12)21-15(23)10-25-22-16(19)11-2-6-13(18)7-3-11/h2-9H,10H2,1H3,(H2,19,22)(H,20,24)(H,21,23). The molecule has 7 nitrogen and oxygen atoms in total. The Kier molecular flexibility index (Phi) is 6.36.